The molecule has 1 amide bonds. The van der Waals surface area contributed by atoms with Gasteiger partial charge in [-0.25, -0.2) is 4.79 Å². The highest BCUT2D eigenvalue weighted by atomic mass is 16.7. The third-order valence-corrected chi connectivity index (χ3v) is 1.97. The minimum absolute atomic E-state index is 0.160. The van der Waals surface area contributed by atoms with Crippen molar-refractivity contribution in [3.63, 3.8) is 0 Å². The Bertz CT molecular complexity index is 413. The van der Waals surface area contributed by atoms with E-state index in [1.165, 1.54) is 12.1 Å². The Hall–Kier alpha value is -2.04. The van der Waals surface area contributed by atoms with Crippen LogP contribution in [0.2, 0.25) is 0 Å². The summed E-state index contributed by atoms with van der Waals surface area (Å²) in [6.07, 6.45) is -1.39. The summed E-state index contributed by atoms with van der Waals surface area (Å²) in [5, 5.41) is 11.0. The number of amides is 1. The van der Waals surface area contributed by atoms with Gasteiger partial charge in [0.25, 0.3) is 5.91 Å². The molecule has 0 aliphatic carbocycles. The number of hydrogen-bond donors (Lipinski definition) is 2. The molecule has 2 N–H and O–H groups in total. The normalized spacial score (nSPS) is 13.3. The van der Waals surface area contributed by atoms with Crippen LogP contribution in [0.3, 0.4) is 0 Å². The Balaban J connectivity index is 2.35. The molecule has 1 aliphatic rings. The number of rotatable bonds is 1. The number of ether oxygens (including phenoxy) is 1. The van der Waals surface area contributed by atoms with E-state index in [0.29, 0.717) is 12.1 Å². The van der Waals surface area contributed by atoms with Crippen molar-refractivity contribution in [3.05, 3.63) is 29.3 Å². The first-order valence-corrected chi connectivity index (χ1v) is 3.99. The average Bonchev–Trinajstić information content (AvgIpc) is 2.47. The summed E-state index contributed by atoms with van der Waals surface area (Å²) >= 11 is 0. The third-order valence-electron chi connectivity index (χ3n) is 1.97. The Labute approximate surface area is 79.3 Å². The van der Waals surface area contributed by atoms with Crippen molar-refractivity contribution in [3.8, 4) is 5.75 Å². The van der Waals surface area contributed by atoms with Crippen LogP contribution in [-0.2, 0) is 6.54 Å². The maximum Gasteiger partial charge on any atom is 0.511 e. The molecule has 5 nitrogen and oxygen atoms in total. The molecular formula is C9H7NO4. The lowest BCUT2D eigenvalue weighted by molar-refractivity contribution is 0.0964. The highest BCUT2D eigenvalue weighted by Gasteiger charge is 2.19. The number of carbonyl (C=O) groups is 2. The molecule has 1 aromatic rings. The molecule has 1 heterocycles. The van der Waals surface area contributed by atoms with Crippen molar-refractivity contribution >= 4 is 12.1 Å². The zero-order valence-corrected chi connectivity index (χ0v) is 7.11. The van der Waals surface area contributed by atoms with E-state index >= 15 is 0 Å². The summed E-state index contributed by atoms with van der Waals surface area (Å²) in [7, 11) is 0. The number of carbonyl (C=O) groups excluding carboxylic acids is 1. The summed E-state index contributed by atoms with van der Waals surface area (Å²) in [6.45, 7) is 0.488. The second-order valence-electron chi connectivity index (χ2n) is 2.87. The molecule has 0 unspecified atom stereocenters. The number of benzene rings is 1. The fraction of sp³-hybridized carbons (Fsp3) is 0.111. The number of nitrogens with one attached hydrogen (secondary N) is 1. The first kappa shape index (κ1) is 8.55. The van der Waals surface area contributed by atoms with Crippen LogP contribution in [0.15, 0.2) is 18.2 Å². The third kappa shape index (κ3) is 1.39. The summed E-state index contributed by atoms with van der Waals surface area (Å²) < 4.78 is 4.42. The molecule has 1 aromatic carbocycles. The second-order valence-corrected chi connectivity index (χ2v) is 2.87. The fourth-order valence-electron chi connectivity index (χ4n) is 1.36. The van der Waals surface area contributed by atoms with Gasteiger partial charge in [-0.2, -0.15) is 0 Å². The molecule has 0 atom stereocenters. The zero-order chi connectivity index (χ0) is 10.1. The van der Waals surface area contributed by atoms with Gasteiger partial charge in [-0.1, -0.05) is 6.07 Å². The highest BCUT2D eigenvalue weighted by molar-refractivity contribution is 5.98. The Morgan fingerprint density at radius 1 is 1.50 bits per heavy atom. The van der Waals surface area contributed by atoms with Gasteiger partial charge >= 0.3 is 6.16 Å². The van der Waals surface area contributed by atoms with E-state index in [2.05, 4.69) is 10.1 Å². The average molecular weight is 193 g/mol. The molecule has 0 spiro atoms. The van der Waals surface area contributed by atoms with Crippen molar-refractivity contribution in [1.29, 1.82) is 0 Å². The predicted octanol–water partition coefficient (Wildman–Crippen LogP) is 0.987. The van der Waals surface area contributed by atoms with Gasteiger partial charge in [0.1, 0.15) is 5.75 Å². The SMILES string of the molecule is O=C(O)Oc1ccc2c(c1)C(=O)NC2. The van der Waals surface area contributed by atoms with Gasteiger partial charge in [0, 0.05) is 12.1 Å². The van der Waals surface area contributed by atoms with E-state index in [1.54, 1.807) is 6.07 Å². The molecule has 0 bridgehead atoms. The minimum Gasteiger partial charge on any atom is -0.449 e. The molecule has 0 fully saturated rings. The maximum atomic E-state index is 11.2. The van der Waals surface area contributed by atoms with E-state index in [0.717, 1.165) is 5.56 Å². The van der Waals surface area contributed by atoms with Crippen molar-refractivity contribution < 1.29 is 19.4 Å². The Kier molecular flexibility index (Phi) is 1.85. The van der Waals surface area contributed by atoms with Crippen LogP contribution in [0.4, 0.5) is 4.79 Å². The smallest absolute Gasteiger partial charge is 0.449 e. The zero-order valence-electron chi connectivity index (χ0n) is 7.11. The number of fused-ring (bicyclic) bond motifs is 1. The van der Waals surface area contributed by atoms with Crippen LogP contribution in [0.1, 0.15) is 15.9 Å². The van der Waals surface area contributed by atoms with Gasteiger partial charge in [-0.15, -0.1) is 0 Å². The van der Waals surface area contributed by atoms with Crippen LogP contribution in [-0.4, -0.2) is 17.2 Å². The van der Waals surface area contributed by atoms with Gasteiger partial charge in [0.2, 0.25) is 0 Å². The van der Waals surface area contributed by atoms with E-state index in [1.807, 2.05) is 0 Å². The van der Waals surface area contributed by atoms with Crippen molar-refractivity contribution in [1.82, 2.24) is 5.32 Å². The lowest BCUT2D eigenvalue weighted by Gasteiger charge is -2.00. The van der Waals surface area contributed by atoms with Crippen molar-refractivity contribution in [2.24, 2.45) is 0 Å². The fourth-order valence-corrected chi connectivity index (χ4v) is 1.36. The molecule has 2 rings (SSSR count). The lowest BCUT2D eigenvalue weighted by atomic mass is 10.1. The largest absolute Gasteiger partial charge is 0.511 e. The summed E-state index contributed by atoms with van der Waals surface area (Å²) in [5.41, 5.74) is 1.33. The van der Waals surface area contributed by atoms with Crippen LogP contribution in [0, 0.1) is 0 Å². The standard InChI is InChI=1S/C9H7NO4/c11-8-7-3-6(14-9(12)13)2-1-5(7)4-10-8/h1-3H,4H2,(H,10,11)(H,12,13). The van der Waals surface area contributed by atoms with Gasteiger partial charge in [-0.3, -0.25) is 4.79 Å². The lowest BCUT2D eigenvalue weighted by Crippen LogP contribution is -2.12. The topological polar surface area (TPSA) is 75.6 Å². The molecule has 0 radical (unpaired) electrons. The molecular weight excluding hydrogens is 186 g/mol. The Morgan fingerprint density at radius 3 is 3.00 bits per heavy atom. The monoisotopic (exact) mass is 193 g/mol. The van der Waals surface area contributed by atoms with E-state index in [-0.39, 0.29) is 11.7 Å². The van der Waals surface area contributed by atoms with Gasteiger partial charge < -0.3 is 15.2 Å². The van der Waals surface area contributed by atoms with Crippen LogP contribution in [0.25, 0.3) is 0 Å². The molecule has 0 saturated heterocycles. The van der Waals surface area contributed by atoms with Crippen LogP contribution in [0.5, 0.6) is 5.75 Å². The van der Waals surface area contributed by atoms with Crippen LogP contribution < -0.4 is 10.1 Å². The molecule has 0 aromatic heterocycles. The first-order chi connectivity index (χ1) is 6.66. The highest BCUT2D eigenvalue weighted by Crippen LogP contribution is 2.21. The molecule has 1 aliphatic heterocycles. The predicted molar refractivity (Wildman–Crippen MR) is 46.3 cm³/mol. The van der Waals surface area contributed by atoms with Crippen molar-refractivity contribution in [2.45, 2.75) is 6.54 Å². The van der Waals surface area contributed by atoms with Crippen LogP contribution >= 0.6 is 0 Å². The molecule has 72 valence electrons. The Morgan fingerprint density at radius 2 is 2.29 bits per heavy atom. The van der Waals surface area contributed by atoms with E-state index in [9.17, 15) is 9.59 Å². The number of hydrogen-bond acceptors (Lipinski definition) is 3. The summed E-state index contributed by atoms with van der Waals surface area (Å²) in [5.74, 6) is -0.0378. The molecule has 0 saturated carbocycles. The number of carboxylic acid groups (broad SMARTS) is 1. The van der Waals surface area contributed by atoms with Gasteiger partial charge in [-0.05, 0) is 17.7 Å². The quantitative estimate of drug-likeness (QED) is 0.515. The maximum absolute atomic E-state index is 11.2. The molecule has 5 heteroatoms. The van der Waals surface area contributed by atoms with Crippen molar-refractivity contribution in [2.75, 3.05) is 0 Å². The van der Waals surface area contributed by atoms with Gasteiger partial charge in [0.05, 0.1) is 0 Å². The molecule has 14 heavy (non-hydrogen) atoms. The summed E-state index contributed by atoms with van der Waals surface area (Å²) in [4.78, 5) is 21.4. The minimum atomic E-state index is -1.39. The second kappa shape index (κ2) is 3.02. The van der Waals surface area contributed by atoms with E-state index < -0.39 is 6.16 Å². The van der Waals surface area contributed by atoms with E-state index in [4.69, 9.17) is 5.11 Å². The summed E-state index contributed by atoms with van der Waals surface area (Å²) in [6, 6.07) is 4.62. The first-order valence-electron chi connectivity index (χ1n) is 3.99. The van der Waals surface area contributed by atoms with Gasteiger partial charge in [0.15, 0.2) is 0 Å².